The van der Waals surface area contributed by atoms with E-state index in [1.54, 1.807) is 24.3 Å². The van der Waals surface area contributed by atoms with Crippen molar-refractivity contribution in [1.82, 2.24) is 5.32 Å². The van der Waals surface area contributed by atoms with Gasteiger partial charge in [-0.15, -0.1) is 0 Å². The molecule has 0 aliphatic heterocycles. The molecule has 1 amide bonds. The van der Waals surface area contributed by atoms with Crippen molar-refractivity contribution < 1.29 is 14.3 Å². The largest absolute Gasteiger partial charge is 0.452 e. The van der Waals surface area contributed by atoms with Crippen molar-refractivity contribution in [3.63, 3.8) is 0 Å². The van der Waals surface area contributed by atoms with Crippen molar-refractivity contribution in [1.29, 1.82) is 0 Å². The molecule has 1 N–H and O–H groups in total. The fourth-order valence-corrected chi connectivity index (χ4v) is 2.47. The molecule has 1 unspecified atom stereocenters. The van der Waals surface area contributed by atoms with Crippen LogP contribution in [0, 0.1) is 0 Å². The Hall–Kier alpha value is -2.14. The van der Waals surface area contributed by atoms with Crippen LogP contribution in [0.4, 0.5) is 0 Å². The van der Waals surface area contributed by atoms with Crippen molar-refractivity contribution in [3.8, 4) is 0 Å². The summed E-state index contributed by atoms with van der Waals surface area (Å²) in [5.74, 6) is -0.842. The number of hydrogen-bond acceptors (Lipinski definition) is 3. The van der Waals surface area contributed by atoms with Gasteiger partial charge in [-0.3, -0.25) is 4.79 Å². The summed E-state index contributed by atoms with van der Waals surface area (Å²) < 4.78 is 5.91. The van der Waals surface area contributed by atoms with Gasteiger partial charge < -0.3 is 10.1 Å². The summed E-state index contributed by atoms with van der Waals surface area (Å²) in [5.41, 5.74) is 2.68. The van der Waals surface area contributed by atoms with Gasteiger partial charge in [0.2, 0.25) is 0 Å². The van der Waals surface area contributed by atoms with E-state index in [4.69, 9.17) is 4.74 Å². The average Bonchev–Trinajstić information content (AvgIpc) is 2.60. The molecule has 2 aromatic carbocycles. The highest BCUT2D eigenvalue weighted by atomic mass is 79.9. The number of carbonyl (C=O) groups is 2. The van der Waals surface area contributed by atoms with Gasteiger partial charge >= 0.3 is 5.97 Å². The third kappa shape index (κ3) is 5.20. The highest BCUT2D eigenvalue weighted by molar-refractivity contribution is 9.10. The predicted octanol–water partition coefficient (Wildman–Crippen LogP) is 4.05. The molecule has 4 nitrogen and oxygen atoms in total. The summed E-state index contributed by atoms with van der Waals surface area (Å²) >= 11 is 3.30. The first-order chi connectivity index (χ1) is 11.5. The molecule has 2 aromatic rings. The first-order valence-corrected chi connectivity index (χ1v) is 8.59. The van der Waals surface area contributed by atoms with Crippen molar-refractivity contribution in [2.45, 2.75) is 26.3 Å². The number of nitrogens with one attached hydrogen (secondary N) is 1. The first-order valence-electron chi connectivity index (χ1n) is 7.80. The third-order valence-electron chi connectivity index (χ3n) is 3.68. The second kappa shape index (κ2) is 8.64. The van der Waals surface area contributed by atoms with E-state index in [0.29, 0.717) is 5.56 Å². The predicted molar refractivity (Wildman–Crippen MR) is 96.8 cm³/mol. The van der Waals surface area contributed by atoms with E-state index < -0.39 is 5.97 Å². The first kappa shape index (κ1) is 18.2. The van der Waals surface area contributed by atoms with Crippen molar-refractivity contribution in [2.24, 2.45) is 0 Å². The minimum absolute atomic E-state index is 0.144. The van der Waals surface area contributed by atoms with Crippen LogP contribution in [0.15, 0.2) is 53.0 Å². The van der Waals surface area contributed by atoms with Gasteiger partial charge in [0, 0.05) is 4.47 Å². The molecular weight excluding hydrogens is 370 g/mol. The van der Waals surface area contributed by atoms with Crippen molar-refractivity contribution in [3.05, 3.63) is 69.7 Å². The van der Waals surface area contributed by atoms with Crippen LogP contribution in [0.3, 0.4) is 0 Å². The monoisotopic (exact) mass is 389 g/mol. The smallest absolute Gasteiger partial charge is 0.338 e. The molecule has 0 aliphatic carbocycles. The number of ether oxygens (including phenoxy) is 1. The van der Waals surface area contributed by atoms with Gasteiger partial charge in [0.1, 0.15) is 0 Å². The van der Waals surface area contributed by atoms with Crippen LogP contribution >= 0.6 is 15.9 Å². The normalized spacial score (nSPS) is 11.6. The Kier molecular flexibility index (Phi) is 6.55. The Morgan fingerprint density at radius 2 is 1.71 bits per heavy atom. The topological polar surface area (TPSA) is 55.4 Å². The summed E-state index contributed by atoms with van der Waals surface area (Å²) in [5, 5.41) is 2.83. The van der Waals surface area contributed by atoms with Crippen LogP contribution in [0.2, 0.25) is 0 Å². The Balaban J connectivity index is 1.83. The quantitative estimate of drug-likeness (QED) is 0.758. The van der Waals surface area contributed by atoms with Gasteiger partial charge in [-0.1, -0.05) is 47.1 Å². The lowest BCUT2D eigenvalue weighted by molar-refractivity contribution is -0.124. The molecule has 2 rings (SSSR count). The highest BCUT2D eigenvalue weighted by Gasteiger charge is 2.13. The molecule has 0 saturated heterocycles. The second-order valence-electron chi connectivity index (χ2n) is 5.47. The lowest BCUT2D eigenvalue weighted by Gasteiger charge is -2.15. The number of amides is 1. The summed E-state index contributed by atoms with van der Waals surface area (Å²) in [6, 6.07) is 14.7. The number of hydrogen-bond donors (Lipinski definition) is 1. The van der Waals surface area contributed by atoms with E-state index in [1.165, 1.54) is 5.56 Å². The maximum Gasteiger partial charge on any atom is 0.338 e. The molecule has 1 atom stereocenters. The molecule has 0 fully saturated rings. The molecule has 0 bridgehead atoms. The number of carbonyl (C=O) groups excluding carboxylic acids is 2. The molecule has 24 heavy (non-hydrogen) atoms. The molecular formula is C19H20BrNO3. The minimum atomic E-state index is -0.516. The maximum absolute atomic E-state index is 11.9. The van der Waals surface area contributed by atoms with Gasteiger partial charge in [-0.25, -0.2) is 4.79 Å². The van der Waals surface area contributed by atoms with Crippen LogP contribution in [0.1, 0.15) is 41.4 Å². The van der Waals surface area contributed by atoms with Crippen molar-refractivity contribution >= 4 is 27.8 Å². The Morgan fingerprint density at radius 1 is 1.08 bits per heavy atom. The SMILES string of the molecule is CCc1ccc(C(C)NC(=O)COC(=O)c2ccc(Br)cc2)cc1. The number of rotatable bonds is 6. The highest BCUT2D eigenvalue weighted by Crippen LogP contribution is 2.14. The fraction of sp³-hybridized carbons (Fsp3) is 0.263. The number of esters is 1. The van der Waals surface area contributed by atoms with E-state index in [0.717, 1.165) is 16.5 Å². The average molecular weight is 390 g/mol. The summed E-state index contributed by atoms with van der Waals surface area (Å²) in [7, 11) is 0. The Bertz CT molecular complexity index is 696. The van der Waals surface area contributed by atoms with E-state index in [-0.39, 0.29) is 18.6 Å². The standard InChI is InChI=1S/C19H20BrNO3/c1-3-14-4-6-15(7-5-14)13(2)21-18(22)12-24-19(23)16-8-10-17(20)11-9-16/h4-11,13H,3,12H2,1-2H3,(H,21,22). The van der Waals surface area contributed by atoms with Gasteiger partial charge in [0.15, 0.2) is 6.61 Å². The summed E-state index contributed by atoms with van der Waals surface area (Å²) in [6.45, 7) is 3.70. The summed E-state index contributed by atoms with van der Waals surface area (Å²) in [4.78, 5) is 23.8. The van der Waals surface area contributed by atoms with Gasteiger partial charge in [-0.05, 0) is 48.7 Å². The molecule has 0 aliphatic rings. The van der Waals surface area contributed by atoms with E-state index in [1.807, 2.05) is 31.2 Å². The van der Waals surface area contributed by atoms with Crippen LogP contribution in [0.5, 0.6) is 0 Å². The minimum Gasteiger partial charge on any atom is -0.452 e. The Labute approximate surface area is 150 Å². The summed E-state index contributed by atoms with van der Waals surface area (Å²) in [6.07, 6.45) is 0.979. The van der Waals surface area contributed by atoms with Crippen LogP contribution < -0.4 is 5.32 Å². The second-order valence-corrected chi connectivity index (χ2v) is 6.38. The Morgan fingerprint density at radius 3 is 2.29 bits per heavy atom. The molecule has 126 valence electrons. The lowest BCUT2D eigenvalue weighted by atomic mass is 10.1. The number of aryl methyl sites for hydroxylation is 1. The molecule has 0 heterocycles. The number of halogens is 1. The zero-order chi connectivity index (χ0) is 17.5. The molecule has 5 heteroatoms. The van der Waals surface area contributed by atoms with Gasteiger partial charge in [0.25, 0.3) is 5.91 Å². The molecule has 0 radical (unpaired) electrons. The van der Waals surface area contributed by atoms with E-state index >= 15 is 0 Å². The zero-order valence-corrected chi connectivity index (χ0v) is 15.3. The molecule has 0 spiro atoms. The fourth-order valence-electron chi connectivity index (χ4n) is 2.21. The van der Waals surface area contributed by atoms with E-state index in [9.17, 15) is 9.59 Å². The zero-order valence-electron chi connectivity index (χ0n) is 13.7. The number of benzene rings is 2. The van der Waals surface area contributed by atoms with Crippen LogP contribution in [-0.4, -0.2) is 18.5 Å². The molecule has 0 saturated carbocycles. The van der Waals surface area contributed by atoms with Gasteiger partial charge in [0.05, 0.1) is 11.6 Å². The van der Waals surface area contributed by atoms with Crippen LogP contribution in [-0.2, 0) is 16.0 Å². The van der Waals surface area contributed by atoms with Crippen molar-refractivity contribution in [2.75, 3.05) is 6.61 Å². The lowest BCUT2D eigenvalue weighted by Crippen LogP contribution is -2.31. The van der Waals surface area contributed by atoms with Crippen LogP contribution in [0.25, 0.3) is 0 Å². The maximum atomic E-state index is 11.9. The van der Waals surface area contributed by atoms with E-state index in [2.05, 4.69) is 28.2 Å². The van der Waals surface area contributed by atoms with Gasteiger partial charge in [-0.2, -0.15) is 0 Å². The molecule has 0 aromatic heterocycles. The third-order valence-corrected chi connectivity index (χ3v) is 4.21.